The van der Waals surface area contributed by atoms with Crippen molar-refractivity contribution < 1.29 is 14.3 Å². The number of carbonyl (C=O) groups excluding carboxylic acids is 1. The van der Waals surface area contributed by atoms with Gasteiger partial charge in [0.25, 0.3) is 0 Å². The molecule has 2 aromatic rings. The van der Waals surface area contributed by atoms with Crippen LogP contribution in [0.5, 0.6) is 11.5 Å². The summed E-state index contributed by atoms with van der Waals surface area (Å²) in [4.78, 5) is 11.9. The number of fused-ring (bicyclic) bond motifs is 1. The summed E-state index contributed by atoms with van der Waals surface area (Å²) in [6, 6.07) is 5.64. The van der Waals surface area contributed by atoms with Crippen molar-refractivity contribution >= 4 is 34.1 Å². The number of nitrogens with one attached hydrogen (secondary N) is 2. The van der Waals surface area contributed by atoms with E-state index in [1.165, 1.54) is 23.1 Å². The molecule has 0 atom stereocenters. The van der Waals surface area contributed by atoms with Gasteiger partial charge in [0.2, 0.25) is 17.8 Å². The monoisotopic (exact) mass is 352 g/mol. The van der Waals surface area contributed by atoms with Gasteiger partial charge in [-0.2, -0.15) is 0 Å². The fourth-order valence-corrected chi connectivity index (χ4v) is 3.57. The van der Waals surface area contributed by atoms with Gasteiger partial charge in [-0.3, -0.25) is 4.79 Å². The first-order valence-electron chi connectivity index (χ1n) is 7.10. The maximum absolute atomic E-state index is 11.9. The second-order valence-electron chi connectivity index (χ2n) is 4.66. The maximum Gasteiger partial charge on any atom is 0.231 e. The van der Waals surface area contributed by atoms with E-state index >= 15 is 0 Å². The molecule has 0 fully saturated rings. The number of hydrogen-bond acceptors (Lipinski definition) is 8. The van der Waals surface area contributed by atoms with Crippen LogP contribution >= 0.6 is 23.1 Å². The van der Waals surface area contributed by atoms with Gasteiger partial charge in [-0.05, 0) is 24.6 Å². The third-order valence-corrected chi connectivity index (χ3v) is 5.00. The minimum atomic E-state index is -0.0483. The van der Waals surface area contributed by atoms with Crippen molar-refractivity contribution in [1.82, 2.24) is 15.5 Å². The van der Waals surface area contributed by atoms with Crippen LogP contribution in [0.25, 0.3) is 0 Å². The van der Waals surface area contributed by atoms with Gasteiger partial charge in [0.1, 0.15) is 0 Å². The Labute approximate surface area is 141 Å². The van der Waals surface area contributed by atoms with Gasteiger partial charge in [0, 0.05) is 13.1 Å². The lowest BCUT2D eigenvalue weighted by Crippen LogP contribution is -2.24. The molecule has 1 aromatic carbocycles. The highest BCUT2D eigenvalue weighted by molar-refractivity contribution is 8.01. The largest absolute Gasteiger partial charge is 0.454 e. The Morgan fingerprint density at radius 1 is 1.35 bits per heavy atom. The molecule has 9 heteroatoms. The van der Waals surface area contributed by atoms with Gasteiger partial charge in [0.15, 0.2) is 15.8 Å². The molecule has 2 N–H and O–H groups in total. The molecule has 1 aliphatic rings. The number of benzene rings is 1. The molecule has 0 unspecified atom stereocenters. The Morgan fingerprint density at radius 3 is 3.09 bits per heavy atom. The van der Waals surface area contributed by atoms with Gasteiger partial charge in [-0.15, -0.1) is 10.2 Å². The minimum Gasteiger partial charge on any atom is -0.454 e. The molecule has 3 rings (SSSR count). The average Bonchev–Trinajstić information content (AvgIpc) is 3.19. The zero-order valence-corrected chi connectivity index (χ0v) is 14.1. The molecular weight excluding hydrogens is 336 g/mol. The quantitative estimate of drug-likeness (QED) is 0.738. The summed E-state index contributed by atoms with van der Waals surface area (Å²) < 4.78 is 11.3. The van der Waals surface area contributed by atoms with E-state index in [-0.39, 0.29) is 12.7 Å². The lowest BCUT2D eigenvalue weighted by molar-refractivity contribution is -0.118. The van der Waals surface area contributed by atoms with Gasteiger partial charge in [-0.25, -0.2) is 0 Å². The molecule has 0 aliphatic carbocycles. The van der Waals surface area contributed by atoms with E-state index in [0.29, 0.717) is 12.3 Å². The molecule has 0 radical (unpaired) electrons. The second-order valence-corrected chi connectivity index (χ2v) is 6.86. The summed E-state index contributed by atoms with van der Waals surface area (Å²) in [7, 11) is 0. The van der Waals surface area contributed by atoms with E-state index in [0.717, 1.165) is 33.1 Å². The number of rotatable bonds is 7. The number of nitrogens with zero attached hydrogens (tertiary/aromatic N) is 2. The number of thioether (sulfide) groups is 1. The summed E-state index contributed by atoms with van der Waals surface area (Å²) in [5.74, 6) is 1.72. The summed E-state index contributed by atoms with van der Waals surface area (Å²) in [6.07, 6.45) is 0. The Morgan fingerprint density at radius 2 is 2.22 bits per heavy atom. The van der Waals surface area contributed by atoms with Crippen LogP contribution in [0.2, 0.25) is 0 Å². The Kier molecular flexibility index (Phi) is 5.19. The first kappa shape index (κ1) is 15.9. The van der Waals surface area contributed by atoms with Crippen molar-refractivity contribution in [3.05, 3.63) is 23.8 Å². The highest BCUT2D eigenvalue weighted by atomic mass is 32.2. The number of carbonyl (C=O) groups is 1. The maximum atomic E-state index is 11.9. The van der Waals surface area contributed by atoms with Crippen molar-refractivity contribution in [3.8, 4) is 11.5 Å². The molecule has 0 spiro atoms. The molecule has 1 aliphatic heterocycles. The molecule has 0 saturated carbocycles. The number of ether oxygens (including phenoxy) is 2. The van der Waals surface area contributed by atoms with Crippen LogP contribution < -0.4 is 20.1 Å². The minimum absolute atomic E-state index is 0.0483. The van der Waals surface area contributed by atoms with E-state index in [1.54, 1.807) is 0 Å². The molecule has 1 aromatic heterocycles. The predicted octanol–water partition coefficient (Wildman–Crippen LogP) is 2.11. The molecule has 7 nitrogen and oxygen atoms in total. The Balaban J connectivity index is 1.44. The highest BCUT2D eigenvalue weighted by Crippen LogP contribution is 2.32. The fourth-order valence-electron chi connectivity index (χ4n) is 1.92. The van der Waals surface area contributed by atoms with Crippen molar-refractivity contribution in [2.45, 2.75) is 17.8 Å². The molecule has 0 bridgehead atoms. The van der Waals surface area contributed by atoms with Gasteiger partial charge >= 0.3 is 0 Å². The summed E-state index contributed by atoms with van der Waals surface area (Å²) in [5.41, 5.74) is 0.970. The smallest absolute Gasteiger partial charge is 0.231 e. The van der Waals surface area contributed by atoms with Crippen LogP contribution in [0.1, 0.15) is 12.5 Å². The van der Waals surface area contributed by atoms with Crippen LogP contribution in [0.15, 0.2) is 22.5 Å². The van der Waals surface area contributed by atoms with Gasteiger partial charge in [-0.1, -0.05) is 29.2 Å². The topological polar surface area (TPSA) is 85.4 Å². The van der Waals surface area contributed by atoms with Crippen LogP contribution in [0.3, 0.4) is 0 Å². The van der Waals surface area contributed by atoms with E-state index in [2.05, 4.69) is 20.8 Å². The van der Waals surface area contributed by atoms with E-state index in [1.807, 2.05) is 25.1 Å². The van der Waals surface area contributed by atoms with Crippen molar-refractivity contribution in [2.24, 2.45) is 0 Å². The zero-order valence-electron chi connectivity index (χ0n) is 12.5. The third kappa shape index (κ3) is 4.26. The zero-order chi connectivity index (χ0) is 16.1. The fraction of sp³-hybridized carbons (Fsp3) is 0.357. The van der Waals surface area contributed by atoms with Crippen LogP contribution in [0, 0.1) is 0 Å². The number of hydrogen-bond donors (Lipinski definition) is 2. The van der Waals surface area contributed by atoms with Crippen molar-refractivity contribution in [3.63, 3.8) is 0 Å². The Bertz CT molecular complexity index is 692. The SMILES string of the molecule is CCNc1nnc(SCC(=O)NCc2ccc3c(c2)OCO3)s1. The first-order valence-corrected chi connectivity index (χ1v) is 8.90. The molecule has 0 saturated heterocycles. The first-order chi connectivity index (χ1) is 11.2. The summed E-state index contributed by atoms with van der Waals surface area (Å²) in [5, 5.41) is 14.8. The highest BCUT2D eigenvalue weighted by Gasteiger charge is 2.13. The van der Waals surface area contributed by atoms with Crippen LogP contribution in [0.4, 0.5) is 5.13 Å². The number of aromatic nitrogens is 2. The van der Waals surface area contributed by atoms with E-state index in [4.69, 9.17) is 9.47 Å². The van der Waals surface area contributed by atoms with E-state index in [9.17, 15) is 4.79 Å². The van der Waals surface area contributed by atoms with Gasteiger partial charge in [0.05, 0.1) is 5.75 Å². The standard InChI is InChI=1S/C14H16N4O3S2/c1-2-15-13-17-18-14(23-13)22-7-12(19)16-6-9-3-4-10-11(5-9)21-8-20-10/h3-5H,2,6-8H2,1H3,(H,15,17)(H,16,19). The van der Waals surface area contributed by atoms with Crippen LogP contribution in [-0.4, -0.2) is 35.2 Å². The molecule has 1 amide bonds. The van der Waals surface area contributed by atoms with E-state index < -0.39 is 0 Å². The van der Waals surface area contributed by atoms with Crippen molar-refractivity contribution in [2.75, 3.05) is 24.4 Å². The lowest BCUT2D eigenvalue weighted by Gasteiger charge is -2.05. The molecule has 2 heterocycles. The van der Waals surface area contributed by atoms with Crippen LogP contribution in [-0.2, 0) is 11.3 Å². The van der Waals surface area contributed by atoms with Crippen molar-refractivity contribution in [1.29, 1.82) is 0 Å². The summed E-state index contributed by atoms with van der Waals surface area (Å²) in [6.45, 7) is 3.50. The molecule has 23 heavy (non-hydrogen) atoms. The lowest BCUT2D eigenvalue weighted by atomic mass is 10.2. The number of anilines is 1. The Hall–Kier alpha value is -2.00. The summed E-state index contributed by atoms with van der Waals surface area (Å²) >= 11 is 2.83. The second kappa shape index (κ2) is 7.51. The third-order valence-electron chi connectivity index (χ3n) is 2.99. The molecule has 122 valence electrons. The number of amides is 1. The van der Waals surface area contributed by atoms with Gasteiger partial charge < -0.3 is 20.1 Å². The normalized spacial score (nSPS) is 12.2. The molecular formula is C14H16N4O3S2. The average molecular weight is 352 g/mol. The predicted molar refractivity (Wildman–Crippen MR) is 89.2 cm³/mol.